The predicted molar refractivity (Wildman–Crippen MR) is 62.8 cm³/mol. The average Bonchev–Trinajstić information content (AvgIpc) is 2.29. The minimum Gasteiger partial charge on any atom is -0.434 e. The van der Waals surface area contributed by atoms with E-state index in [0.717, 1.165) is 6.07 Å². The molecule has 2 N–H and O–H groups in total. The number of rotatable bonds is 2. The Morgan fingerprint density at radius 1 is 1.24 bits per heavy atom. The van der Waals surface area contributed by atoms with Gasteiger partial charge in [-0.3, -0.25) is 0 Å². The molecular weight excluding hydrogens is 294 g/mol. The lowest BCUT2D eigenvalue weighted by molar-refractivity contribution is 0.421. The Morgan fingerprint density at radius 3 is 2.71 bits per heavy atom. The van der Waals surface area contributed by atoms with Crippen molar-refractivity contribution >= 4 is 21.6 Å². The summed E-state index contributed by atoms with van der Waals surface area (Å²) in [6.07, 6.45) is 1.36. The molecule has 0 saturated heterocycles. The van der Waals surface area contributed by atoms with Crippen molar-refractivity contribution in [1.82, 2.24) is 4.98 Å². The van der Waals surface area contributed by atoms with Crippen LogP contribution in [0.15, 0.2) is 34.9 Å². The Morgan fingerprint density at radius 2 is 2.00 bits per heavy atom. The summed E-state index contributed by atoms with van der Waals surface area (Å²) in [7, 11) is 0. The highest BCUT2D eigenvalue weighted by molar-refractivity contribution is 9.10. The zero-order valence-corrected chi connectivity index (χ0v) is 10.0. The third-order valence-corrected chi connectivity index (χ3v) is 2.59. The highest BCUT2D eigenvalue weighted by Crippen LogP contribution is 2.31. The van der Waals surface area contributed by atoms with Crippen molar-refractivity contribution in [1.29, 1.82) is 0 Å². The second-order valence-electron chi connectivity index (χ2n) is 3.20. The van der Waals surface area contributed by atoms with Crippen LogP contribution < -0.4 is 10.5 Å². The zero-order chi connectivity index (χ0) is 12.4. The van der Waals surface area contributed by atoms with E-state index in [9.17, 15) is 8.78 Å². The molecule has 1 aromatic heterocycles. The van der Waals surface area contributed by atoms with Gasteiger partial charge < -0.3 is 10.5 Å². The van der Waals surface area contributed by atoms with E-state index >= 15 is 0 Å². The first-order chi connectivity index (χ1) is 8.08. The molecule has 0 amide bonds. The van der Waals surface area contributed by atoms with Crippen LogP contribution in [0.4, 0.5) is 14.5 Å². The van der Waals surface area contributed by atoms with E-state index in [-0.39, 0.29) is 21.8 Å². The van der Waals surface area contributed by atoms with Crippen LogP contribution in [-0.4, -0.2) is 4.98 Å². The van der Waals surface area contributed by atoms with E-state index < -0.39 is 11.6 Å². The largest absolute Gasteiger partial charge is 0.434 e. The van der Waals surface area contributed by atoms with Crippen molar-refractivity contribution in [2.75, 3.05) is 5.73 Å². The highest BCUT2D eigenvalue weighted by atomic mass is 79.9. The molecule has 88 valence electrons. The van der Waals surface area contributed by atoms with Crippen LogP contribution in [0.3, 0.4) is 0 Å². The van der Waals surface area contributed by atoms with E-state index in [4.69, 9.17) is 10.5 Å². The molecule has 0 fully saturated rings. The Hall–Kier alpha value is -1.69. The van der Waals surface area contributed by atoms with Crippen LogP contribution in [0.1, 0.15) is 0 Å². The van der Waals surface area contributed by atoms with Gasteiger partial charge in [0.1, 0.15) is 5.82 Å². The summed E-state index contributed by atoms with van der Waals surface area (Å²) in [5.74, 6) is -1.43. The van der Waals surface area contributed by atoms with Crippen molar-refractivity contribution in [3.63, 3.8) is 0 Å². The number of hydrogen-bond acceptors (Lipinski definition) is 3. The molecule has 1 aromatic carbocycles. The molecule has 1 heterocycles. The number of nitrogen functional groups attached to an aromatic ring is 1. The number of anilines is 1. The standard InChI is InChI=1S/C11H7BrF2N2O/c12-6-4-9(15)10(5-8(6)14)17-11-7(13)2-1-3-16-11/h1-5H,15H2. The van der Waals surface area contributed by atoms with E-state index in [0.29, 0.717) is 0 Å². The quantitative estimate of drug-likeness (QED) is 0.864. The maximum Gasteiger partial charge on any atom is 0.255 e. The van der Waals surface area contributed by atoms with Gasteiger partial charge in [-0.2, -0.15) is 0 Å². The van der Waals surface area contributed by atoms with Gasteiger partial charge >= 0.3 is 0 Å². The summed E-state index contributed by atoms with van der Waals surface area (Å²) >= 11 is 2.98. The Bertz CT molecular complexity index is 563. The van der Waals surface area contributed by atoms with Gasteiger partial charge in [-0.15, -0.1) is 0 Å². The predicted octanol–water partition coefficient (Wildman–Crippen LogP) is 3.50. The van der Waals surface area contributed by atoms with Gasteiger partial charge in [0.15, 0.2) is 11.6 Å². The third kappa shape index (κ3) is 2.52. The van der Waals surface area contributed by atoms with Crippen LogP contribution in [0.25, 0.3) is 0 Å². The Balaban J connectivity index is 2.37. The van der Waals surface area contributed by atoms with Crippen LogP contribution in [0.2, 0.25) is 0 Å². The summed E-state index contributed by atoms with van der Waals surface area (Å²) in [4.78, 5) is 3.68. The molecule has 0 bridgehead atoms. The van der Waals surface area contributed by atoms with Gasteiger partial charge in [-0.25, -0.2) is 13.8 Å². The number of nitrogens with two attached hydrogens (primary N) is 1. The topological polar surface area (TPSA) is 48.1 Å². The smallest absolute Gasteiger partial charge is 0.255 e. The van der Waals surface area contributed by atoms with Crippen molar-refractivity contribution < 1.29 is 13.5 Å². The maximum absolute atomic E-state index is 13.3. The maximum atomic E-state index is 13.3. The molecule has 0 aliphatic carbocycles. The molecule has 2 rings (SSSR count). The molecule has 0 saturated carbocycles. The van der Waals surface area contributed by atoms with Crippen LogP contribution >= 0.6 is 15.9 Å². The number of hydrogen-bond donors (Lipinski definition) is 1. The molecule has 0 aliphatic heterocycles. The van der Waals surface area contributed by atoms with Gasteiger partial charge in [-0.1, -0.05) is 0 Å². The second-order valence-corrected chi connectivity index (χ2v) is 4.05. The van der Waals surface area contributed by atoms with Crippen LogP contribution in [-0.2, 0) is 0 Å². The average molecular weight is 301 g/mol. The van der Waals surface area contributed by atoms with Gasteiger partial charge in [0.25, 0.3) is 5.88 Å². The van der Waals surface area contributed by atoms with Crippen molar-refractivity contribution in [3.05, 3.63) is 46.6 Å². The number of benzene rings is 1. The summed E-state index contributed by atoms with van der Waals surface area (Å²) in [6, 6.07) is 5.01. The number of halogens is 3. The van der Waals surface area contributed by atoms with Gasteiger partial charge in [0, 0.05) is 12.3 Å². The molecule has 17 heavy (non-hydrogen) atoms. The van der Waals surface area contributed by atoms with Gasteiger partial charge in [0.05, 0.1) is 10.2 Å². The van der Waals surface area contributed by atoms with E-state index in [1.165, 1.54) is 24.4 Å². The Labute approximate surface area is 104 Å². The summed E-state index contributed by atoms with van der Waals surface area (Å²) in [5, 5.41) is 0. The summed E-state index contributed by atoms with van der Waals surface area (Å²) < 4.78 is 31.8. The van der Waals surface area contributed by atoms with E-state index in [1.54, 1.807) is 0 Å². The lowest BCUT2D eigenvalue weighted by atomic mass is 10.3. The van der Waals surface area contributed by atoms with E-state index in [1.807, 2.05) is 0 Å². The lowest BCUT2D eigenvalue weighted by Crippen LogP contribution is -1.96. The number of aromatic nitrogens is 1. The molecule has 3 nitrogen and oxygen atoms in total. The number of nitrogens with zero attached hydrogens (tertiary/aromatic N) is 1. The molecule has 0 radical (unpaired) electrons. The first-order valence-electron chi connectivity index (χ1n) is 4.61. The van der Waals surface area contributed by atoms with Crippen LogP contribution in [0.5, 0.6) is 11.6 Å². The molecule has 0 spiro atoms. The van der Waals surface area contributed by atoms with Crippen molar-refractivity contribution in [3.8, 4) is 11.6 Å². The lowest BCUT2D eigenvalue weighted by Gasteiger charge is -2.08. The summed E-state index contributed by atoms with van der Waals surface area (Å²) in [6.45, 7) is 0. The fraction of sp³-hybridized carbons (Fsp3) is 0. The fourth-order valence-corrected chi connectivity index (χ4v) is 1.54. The SMILES string of the molecule is Nc1cc(Br)c(F)cc1Oc1ncccc1F. The second kappa shape index (κ2) is 4.67. The highest BCUT2D eigenvalue weighted by Gasteiger charge is 2.11. The zero-order valence-electron chi connectivity index (χ0n) is 8.45. The normalized spacial score (nSPS) is 10.3. The van der Waals surface area contributed by atoms with Crippen LogP contribution in [0, 0.1) is 11.6 Å². The molecule has 0 unspecified atom stereocenters. The molecule has 0 aliphatic rings. The monoisotopic (exact) mass is 300 g/mol. The van der Waals surface area contributed by atoms with E-state index in [2.05, 4.69) is 20.9 Å². The van der Waals surface area contributed by atoms with Crippen molar-refractivity contribution in [2.24, 2.45) is 0 Å². The summed E-state index contributed by atoms with van der Waals surface area (Å²) in [5.41, 5.74) is 5.80. The number of pyridine rings is 1. The molecular formula is C11H7BrF2N2O. The molecule has 6 heteroatoms. The number of ether oxygens (including phenoxy) is 1. The van der Waals surface area contributed by atoms with Gasteiger partial charge in [0.2, 0.25) is 0 Å². The first kappa shape index (κ1) is 11.8. The minimum absolute atomic E-state index is 0.0169. The third-order valence-electron chi connectivity index (χ3n) is 1.98. The molecule has 2 aromatic rings. The molecule has 0 atom stereocenters. The minimum atomic E-state index is -0.643. The Kier molecular flexibility index (Phi) is 3.23. The fourth-order valence-electron chi connectivity index (χ4n) is 1.18. The van der Waals surface area contributed by atoms with Gasteiger partial charge in [-0.05, 0) is 34.1 Å². The first-order valence-corrected chi connectivity index (χ1v) is 5.40. The van der Waals surface area contributed by atoms with Crippen molar-refractivity contribution in [2.45, 2.75) is 0 Å².